The fourth-order valence-corrected chi connectivity index (χ4v) is 3.30. The van der Waals surface area contributed by atoms with Crippen molar-refractivity contribution in [1.82, 2.24) is 15.3 Å². The molecule has 0 bridgehead atoms. The summed E-state index contributed by atoms with van der Waals surface area (Å²) in [5.41, 5.74) is 2.73. The lowest BCUT2D eigenvalue weighted by Crippen LogP contribution is -2.18. The van der Waals surface area contributed by atoms with E-state index < -0.39 is 0 Å². The second-order valence-electron chi connectivity index (χ2n) is 5.81. The first kappa shape index (κ1) is 18.4. The highest BCUT2D eigenvalue weighted by Crippen LogP contribution is 2.15. The lowest BCUT2D eigenvalue weighted by molar-refractivity contribution is 0.414. The van der Waals surface area contributed by atoms with E-state index in [-0.39, 0.29) is 5.56 Å². The van der Waals surface area contributed by atoms with E-state index >= 15 is 0 Å². The molecule has 5 nitrogen and oxygen atoms in total. The molecule has 0 amide bonds. The number of nitrogens with one attached hydrogen (secondary N) is 2. The Bertz CT molecular complexity index is 984. The van der Waals surface area contributed by atoms with E-state index in [0.717, 1.165) is 16.9 Å². The quantitative estimate of drug-likeness (QED) is 0.655. The third-order valence-electron chi connectivity index (χ3n) is 3.85. The number of benzene rings is 2. The van der Waals surface area contributed by atoms with Gasteiger partial charge in [-0.1, -0.05) is 47.7 Å². The number of nitrogens with zero attached hydrogens (tertiary/aromatic N) is 1. The van der Waals surface area contributed by atoms with Crippen molar-refractivity contribution < 1.29 is 4.74 Å². The van der Waals surface area contributed by atoms with Crippen LogP contribution in [0.15, 0.2) is 47.3 Å². The Morgan fingerprint density at radius 2 is 2.04 bits per heavy atom. The monoisotopic (exact) mass is 385 g/mol. The van der Waals surface area contributed by atoms with Crippen molar-refractivity contribution in [2.75, 3.05) is 7.11 Å². The standard InChI is InChI=1S/C19H19N3O2S2/c1-12-3-8-16-15(9-12)18(23)22-17(21-16)11-26-19(25)20-10-13-4-6-14(24-2)7-5-13/h3-9H,10-11H2,1-2H3,(H,20,25)(H,21,22,23). The van der Waals surface area contributed by atoms with Crippen LogP contribution < -0.4 is 15.6 Å². The van der Waals surface area contributed by atoms with Crippen molar-refractivity contribution in [2.45, 2.75) is 19.2 Å². The number of thioether (sulfide) groups is 1. The largest absolute Gasteiger partial charge is 0.497 e. The van der Waals surface area contributed by atoms with E-state index in [2.05, 4.69) is 15.3 Å². The lowest BCUT2D eigenvalue weighted by Gasteiger charge is -2.08. The van der Waals surface area contributed by atoms with Crippen LogP contribution in [-0.2, 0) is 12.3 Å². The van der Waals surface area contributed by atoms with Gasteiger partial charge in [-0.2, -0.15) is 0 Å². The maximum atomic E-state index is 12.2. The molecule has 134 valence electrons. The number of aromatic amines is 1. The van der Waals surface area contributed by atoms with Crippen LogP contribution in [-0.4, -0.2) is 21.4 Å². The minimum atomic E-state index is -0.119. The molecule has 0 fully saturated rings. The molecule has 0 unspecified atom stereocenters. The summed E-state index contributed by atoms with van der Waals surface area (Å²) in [6.07, 6.45) is 0. The van der Waals surface area contributed by atoms with E-state index in [0.29, 0.717) is 33.3 Å². The van der Waals surface area contributed by atoms with E-state index in [1.165, 1.54) is 11.8 Å². The zero-order valence-electron chi connectivity index (χ0n) is 14.5. The molecule has 0 aliphatic heterocycles. The van der Waals surface area contributed by atoms with Gasteiger partial charge in [0, 0.05) is 6.54 Å². The van der Waals surface area contributed by atoms with Gasteiger partial charge >= 0.3 is 0 Å². The molecular formula is C19H19N3O2S2. The summed E-state index contributed by atoms with van der Waals surface area (Å²) < 4.78 is 5.80. The van der Waals surface area contributed by atoms with Gasteiger partial charge in [-0.15, -0.1) is 0 Å². The van der Waals surface area contributed by atoms with E-state index in [9.17, 15) is 4.79 Å². The SMILES string of the molecule is COc1ccc(CNC(=S)SCc2nc3ccc(C)cc3c(=O)[nH]2)cc1. The van der Waals surface area contributed by atoms with Gasteiger partial charge in [0.2, 0.25) is 0 Å². The Morgan fingerprint density at radius 3 is 2.77 bits per heavy atom. The lowest BCUT2D eigenvalue weighted by atomic mass is 10.2. The predicted molar refractivity (Wildman–Crippen MR) is 111 cm³/mol. The molecule has 2 aromatic carbocycles. The van der Waals surface area contributed by atoms with Gasteiger partial charge in [0.15, 0.2) is 0 Å². The smallest absolute Gasteiger partial charge is 0.258 e. The van der Waals surface area contributed by atoms with Gasteiger partial charge in [-0.05, 0) is 36.8 Å². The van der Waals surface area contributed by atoms with Gasteiger partial charge in [0.05, 0.1) is 23.8 Å². The van der Waals surface area contributed by atoms with E-state index in [4.69, 9.17) is 17.0 Å². The van der Waals surface area contributed by atoms with E-state index in [1.54, 1.807) is 7.11 Å². The molecule has 3 aromatic rings. The first-order valence-electron chi connectivity index (χ1n) is 8.08. The van der Waals surface area contributed by atoms with Gasteiger partial charge in [0.25, 0.3) is 5.56 Å². The van der Waals surface area contributed by atoms with Crippen LogP contribution in [0.25, 0.3) is 10.9 Å². The van der Waals surface area contributed by atoms with Gasteiger partial charge in [-0.25, -0.2) is 4.98 Å². The average Bonchev–Trinajstić information content (AvgIpc) is 2.65. The van der Waals surface area contributed by atoms with Crippen LogP contribution in [0.1, 0.15) is 17.0 Å². The van der Waals surface area contributed by atoms with Crippen LogP contribution in [0.2, 0.25) is 0 Å². The summed E-state index contributed by atoms with van der Waals surface area (Å²) >= 11 is 6.79. The molecule has 0 radical (unpaired) electrons. The first-order chi connectivity index (χ1) is 12.5. The summed E-state index contributed by atoms with van der Waals surface area (Å²) in [6.45, 7) is 2.59. The molecule has 0 spiro atoms. The Balaban J connectivity index is 1.58. The number of aromatic nitrogens is 2. The summed E-state index contributed by atoms with van der Waals surface area (Å²) in [4.78, 5) is 19.5. The zero-order chi connectivity index (χ0) is 18.5. The zero-order valence-corrected chi connectivity index (χ0v) is 16.2. The Morgan fingerprint density at radius 1 is 1.27 bits per heavy atom. The molecule has 1 heterocycles. The summed E-state index contributed by atoms with van der Waals surface area (Å²) in [5, 5.41) is 3.81. The Hall–Kier alpha value is -2.38. The van der Waals surface area contributed by atoms with Crippen molar-refractivity contribution >= 4 is 39.2 Å². The molecule has 0 aliphatic rings. The number of fused-ring (bicyclic) bond motifs is 1. The highest BCUT2D eigenvalue weighted by atomic mass is 32.2. The van der Waals surface area contributed by atoms with E-state index in [1.807, 2.05) is 49.4 Å². The highest BCUT2D eigenvalue weighted by Gasteiger charge is 2.06. The second kappa shape index (κ2) is 8.33. The molecular weight excluding hydrogens is 366 g/mol. The van der Waals surface area contributed by atoms with Gasteiger partial charge < -0.3 is 15.0 Å². The predicted octanol–water partition coefficient (Wildman–Crippen LogP) is 3.55. The maximum absolute atomic E-state index is 12.2. The molecule has 0 saturated carbocycles. The van der Waals surface area contributed by atoms with Crippen molar-refractivity contribution in [3.05, 3.63) is 69.8 Å². The molecule has 7 heteroatoms. The maximum Gasteiger partial charge on any atom is 0.258 e. The van der Waals surface area contributed by atoms with Crippen LogP contribution in [0.5, 0.6) is 5.75 Å². The van der Waals surface area contributed by atoms with Gasteiger partial charge in [0.1, 0.15) is 15.9 Å². The molecule has 0 aliphatic carbocycles. The van der Waals surface area contributed by atoms with Crippen LogP contribution in [0.4, 0.5) is 0 Å². The van der Waals surface area contributed by atoms with Crippen LogP contribution in [0, 0.1) is 6.92 Å². The minimum Gasteiger partial charge on any atom is -0.497 e. The number of hydrogen-bond acceptors (Lipinski definition) is 5. The number of hydrogen-bond donors (Lipinski definition) is 2. The third kappa shape index (κ3) is 4.62. The number of ether oxygens (including phenoxy) is 1. The Labute approximate surface area is 161 Å². The second-order valence-corrected chi connectivity index (χ2v) is 7.46. The molecule has 2 N–H and O–H groups in total. The normalized spacial score (nSPS) is 10.7. The number of H-pyrrole nitrogens is 1. The van der Waals surface area contributed by atoms with Crippen molar-refractivity contribution in [1.29, 1.82) is 0 Å². The Kier molecular flexibility index (Phi) is 5.90. The molecule has 26 heavy (non-hydrogen) atoms. The number of aryl methyl sites for hydroxylation is 1. The first-order valence-corrected chi connectivity index (χ1v) is 9.47. The third-order valence-corrected chi connectivity index (χ3v) is 5.17. The number of thiocarbonyl (C=S) groups is 1. The molecule has 0 saturated heterocycles. The summed E-state index contributed by atoms with van der Waals surface area (Å²) in [5.74, 6) is 1.95. The fourth-order valence-electron chi connectivity index (χ4n) is 2.47. The molecule has 0 atom stereocenters. The minimum absolute atomic E-state index is 0.119. The number of methoxy groups -OCH3 is 1. The summed E-state index contributed by atoms with van der Waals surface area (Å²) in [7, 11) is 1.64. The number of rotatable bonds is 5. The summed E-state index contributed by atoms with van der Waals surface area (Å²) in [6, 6.07) is 13.5. The van der Waals surface area contributed by atoms with Crippen LogP contribution >= 0.6 is 24.0 Å². The average molecular weight is 386 g/mol. The van der Waals surface area contributed by atoms with Crippen molar-refractivity contribution in [3.63, 3.8) is 0 Å². The molecule has 3 rings (SSSR count). The topological polar surface area (TPSA) is 67.0 Å². The fraction of sp³-hybridized carbons (Fsp3) is 0.211. The van der Waals surface area contributed by atoms with Gasteiger partial charge in [-0.3, -0.25) is 4.79 Å². The van der Waals surface area contributed by atoms with Crippen LogP contribution in [0.3, 0.4) is 0 Å². The molecule has 1 aromatic heterocycles. The van der Waals surface area contributed by atoms with Crippen molar-refractivity contribution in [2.24, 2.45) is 0 Å². The highest BCUT2D eigenvalue weighted by molar-refractivity contribution is 8.22. The van der Waals surface area contributed by atoms with Crippen molar-refractivity contribution in [3.8, 4) is 5.75 Å².